The van der Waals surface area contributed by atoms with E-state index in [1.54, 1.807) is 34.6 Å². The Hall–Kier alpha value is -1.40. The second-order valence-corrected chi connectivity index (χ2v) is 7.38. The maximum Gasteiger partial charge on any atom is 0.317 e. The number of nitrogens with zero attached hydrogens (tertiary/aromatic N) is 2. The first-order valence-electron chi connectivity index (χ1n) is 6.97. The van der Waals surface area contributed by atoms with Crippen molar-refractivity contribution >= 4 is 28.7 Å². The summed E-state index contributed by atoms with van der Waals surface area (Å²) in [6.07, 6.45) is 1.01. The fourth-order valence-corrected chi connectivity index (χ4v) is 3.51. The Balaban J connectivity index is 1.73. The van der Waals surface area contributed by atoms with Crippen molar-refractivity contribution in [3.8, 4) is 0 Å². The largest absolute Gasteiger partial charge is 0.338 e. The minimum absolute atomic E-state index is 0.0429. The summed E-state index contributed by atoms with van der Waals surface area (Å²) in [4.78, 5) is 19.5. The number of carbonyl (C=O) groups excluding carboxylic acids is 1. The van der Waals surface area contributed by atoms with Gasteiger partial charge in [0.2, 0.25) is 0 Å². The molecule has 0 unspecified atom stereocenters. The number of aryl methyl sites for hydroxylation is 1. The summed E-state index contributed by atoms with van der Waals surface area (Å²) in [6, 6.07) is 4.16. The summed E-state index contributed by atoms with van der Waals surface area (Å²) in [5, 5.41) is 8.11. The molecule has 2 heterocycles. The van der Waals surface area contributed by atoms with Crippen molar-refractivity contribution in [3.05, 3.63) is 38.5 Å². The molecule has 0 saturated heterocycles. The van der Waals surface area contributed by atoms with Crippen LogP contribution in [0.4, 0.5) is 4.79 Å². The average molecular weight is 323 g/mol. The van der Waals surface area contributed by atoms with Gasteiger partial charge in [0.15, 0.2) is 0 Å². The lowest BCUT2D eigenvalue weighted by atomic mass is 10.1. The van der Waals surface area contributed by atoms with Gasteiger partial charge in [-0.05, 0) is 30.7 Å². The van der Waals surface area contributed by atoms with Gasteiger partial charge in [0.25, 0.3) is 0 Å². The summed E-state index contributed by atoms with van der Waals surface area (Å²) in [7, 11) is 1.80. The molecule has 2 aromatic heterocycles. The number of hydrogen-bond acceptors (Lipinski definition) is 4. The summed E-state index contributed by atoms with van der Waals surface area (Å²) in [5.41, 5.74) is 0.946. The van der Waals surface area contributed by atoms with Crippen molar-refractivity contribution in [2.45, 2.75) is 26.8 Å². The van der Waals surface area contributed by atoms with Gasteiger partial charge < -0.3 is 10.2 Å². The van der Waals surface area contributed by atoms with Gasteiger partial charge in [-0.25, -0.2) is 9.78 Å². The molecule has 0 fully saturated rings. The van der Waals surface area contributed by atoms with E-state index in [1.807, 2.05) is 12.3 Å². The van der Waals surface area contributed by atoms with Crippen LogP contribution in [0.3, 0.4) is 0 Å². The number of hydrogen-bond donors (Lipinski definition) is 1. The monoisotopic (exact) mass is 323 g/mol. The van der Waals surface area contributed by atoms with E-state index < -0.39 is 0 Å². The second-order valence-electron chi connectivity index (χ2n) is 5.29. The number of thiazole rings is 1. The molecule has 0 aliphatic carbocycles. The zero-order valence-electron chi connectivity index (χ0n) is 12.6. The SMILES string of the molecule is Cc1nc(CN(C)C(=O)NC[C@@H](C)Cc2cccs2)cs1. The lowest BCUT2D eigenvalue weighted by Crippen LogP contribution is -2.39. The highest BCUT2D eigenvalue weighted by Crippen LogP contribution is 2.14. The maximum atomic E-state index is 12.1. The highest BCUT2D eigenvalue weighted by Gasteiger charge is 2.12. The zero-order valence-corrected chi connectivity index (χ0v) is 14.3. The summed E-state index contributed by atoms with van der Waals surface area (Å²) in [5.74, 6) is 0.433. The predicted molar refractivity (Wildman–Crippen MR) is 88.9 cm³/mol. The van der Waals surface area contributed by atoms with Crippen LogP contribution in [0.2, 0.25) is 0 Å². The maximum absolute atomic E-state index is 12.1. The Kier molecular flexibility index (Phi) is 5.76. The topological polar surface area (TPSA) is 45.2 Å². The molecule has 1 atom stereocenters. The van der Waals surface area contributed by atoms with Gasteiger partial charge >= 0.3 is 6.03 Å². The van der Waals surface area contributed by atoms with Gasteiger partial charge in [-0.2, -0.15) is 0 Å². The van der Waals surface area contributed by atoms with Crippen molar-refractivity contribution in [2.24, 2.45) is 5.92 Å². The fraction of sp³-hybridized carbons (Fsp3) is 0.467. The van der Waals surface area contributed by atoms with Crippen LogP contribution in [0, 0.1) is 12.8 Å². The quantitative estimate of drug-likeness (QED) is 0.884. The first-order chi connectivity index (χ1) is 10.0. The van der Waals surface area contributed by atoms with Gasteiger partial charge in [-0.1, -0.05) is 13.0 Å². The lowest BCUT2D eigenvalue weighted by Gasteiger charge is -2.18. The number of aromatic nitrogens is 1. The number of rotatable bonds is 6. The van der Waals surface area contributed by atoms with Crippen LogP contribution in [0.1, 0.15) is 22.5 Å². The molecule has 0 aromatic carbocycles. The molecular weight excluding hydrogens is 302 g/mol. The van der Waals surface area contributed by atoms with Crippen LogP contribution < -0.4 is 5.32 Å². The van der Waals surface area contributed by atoms with E-state index in [1.165, 1.54) is 4.88 Å². The number of urea groups is 1. The van der Waals surface area contributed by atoms with Crippen LogP contribution in [0.5, 0.6) is 0 Å². The molecule has 6 heteroatoms. The molecule has 0 spiro atoms. The average Bonchev–Trinajstić information content (AvgIpc) is 3.08. The standard InChI is InChI=1S/C15H21N3OS2/c1-11(7-14-5-4-6-20-14)8-16-15(19)18(3)9-13-10-21-12(2)17-13/h4-6,10-11H,7-9H2,1-3H3,(H,16,19)/t11-/m0/s1. The molecule has 4 nitrogen and oxygen atoms in total. The van der Waals surface area contributed by atoms with Crippen molar-refractivity contribution < 1.29 is 4.79 Å². The minimum Gasteiger partial charge on any atom is -0.338 e. The van der Waals surface area contributed by atoms with Gasteiger partial charge in [0, 0.05) is 23.8 Å². The molecule has 21 heavy (non-hydrogen) atoms. The number of nitrogens with one attached hydrogen (secondary N) is 1. The summed E-state index contributed by atoms with van der Waals surface area (Å²) >= 11 is 3.38. The van der Waals surface area contributed by atoms with E-state index >= 15 is 0 Å². The Bertz CT molecular complexity index is 565. The fourth-order valence-electron chi connectivity index (χ4n) is 2.04. The third-order valence-electron chi connectivity index (χ3n) is 3.14. The van der Waals surface area contributed by atoms with E-state index in [0.717, 1.165) is 17.1 Å². The Morgan fingerprint density at radius 3 is 2.90 bits per heavy atom. The molecule has 0 bridgehead atoms. The molecule has 2 aromatic rings. The minimum atomic E-state index is -0.0429. The summed E-state index contributed by atoms with van der Waals surface area (Å²) in [6.45, 7) is 5.37. The van der Waals surface area contributed by atoms with Crippen molar-refractivity contribution in [1.29, 1.82) is 0 Å². The van der Waals surface area contributed by atoms with Gasteiger partial charge in [0.1, 0.15) is 0 Å². The first kappa shape index (κ1) is 16.0. The van der Waals surface area contributed by atoms with Crippen molar-refractivity contribution in [2.75, 3.05) is 13.6 Å². The third-order valence-corrected chi connectivity index (χ3v) is 4.86. The highest BCUT2D eigenvalue weighted by atomic mass is 32.1. The van der Waals surface area contributed by atoms with E-state index in [0.29, 0.717) is 19.0 Å². The van der Waals surface area contributed by atoms with Crippen LogP contribution in [0.15, 0.2) is 22.9 Å². The smallest absolute Gasteiger partial charge is 0.317 e. The molecule has 0 aliphatic rings. The van der Waals surface area contributed by atoms with E-state index in [4.69, 9.17) is 0 Å². The zero-order chi connectivity index (χ0) is 15.2. The van der Waals surface area contributed by atoms with E-state index in [9.17, 15) is 4.79 Å². The molecular formula is C15H21N3OS2. The normalized spacial score (nSPS) is 12.1. The van der Waals surface area contributed by atoms with Crippen LogP contribution in [0.25, 0.3) is 0 Å². The van der Waals surface area contributed by atoms with Crippen LogP contribution in [-0.4, -0.2) is 29.5 Å². The molecule has 2 amide bonds. The first-order valence-corrected chi connectivity index (χ1v) is 8.73. The Morgan fingerprint density at radius 1 is 1.48 bits per heavy atom. The Labute approximate surface area is 133 Å². The van der Waals surface area contributed by atoms with Gasteiger partial charge in [-0.3, -0.25) is 0 Å². The third kappa shape index (κ3) is 5.13. The van der Waals surface area contributed by atoms with Gasteiger partial charge in [-0.15, -0.1) is 22.7 Å². The molecule has 0 radical (unpaired) electrons. The lowest BCUT2D eigenvalue weighted by molar-refractivity contribution is 0.204. The summed E-state index contributed by atoms with van der Waals surface area (Å²) < 4.78 is 0. The molecule has 0 saturated carbocycles. The van der Waals surface area contributed by atoms with Crippen molar-refractivity contribution in [3.63, 3.8) is 0 Å². The molecule has 114 valence electrons. The predicted octanol–water partition coefficient (Wildman–Crippen LogP) is 3.53. The number of carbonyl (C=O) groups is 1. The number of amides is 2. The second kappa shape index (κ2) is 7.56. The molecule has 2 rings (SSSR count). The van der Waals surface area contributed by atoms with Gasteiger partial charge in [0.05, 0.1) is 17.2 Å². The van der Waals surface area contributed by atoms with Crippen LogP contribution in [-0.2, 0) is 13.0 Å². The van der Waals surface area contributed by atoms with Crippen molar-refractivity contribution in [1.82, 2.24) is 15.2 Å². The molecule has 1 N–H and O–H groups in total. The van der Waals surface area contributed by atoms with E-state index in [2.05, 4.69) is 34.7 Å². The Morgan fingerprint density at radius 2 is 2.29 bits per heavy atom. The van der Waals surface area contributed by atoms with E-state index in [-0.39, 0.29) is 6.03 Å². The molecule has 0 aliphatic heterocycles. The number of thiophene rings is 1. The van der Waals surface area contributed by atoms with Crippen LogP contribution >= 0.6 is 22.7 Å². The highest BCUT2D eigenvalue weighted by molar-refractivity contribution is 7.10.